The lowest BCUT2D eigenvalue weighted by Gasteiger charge is -2.28. The van der Waals surface area contributed by atoms with Crippen molar-refractivity contribution in [2.45, 2.75) is 46.1 Å². The number of carbonyl (C=O) groups is 2. The summed E-state index contributed by atoms with van der Waals surface area (Å²) in [5.41, 5.74) is 0. The van der Waals surface area contributed by atoms with E-state index in [1.165, 1.54) is 0 Å². The summed E-state index contributed by atoms with van der Waals surface area (Å²) < 4.78 is 22.0. The van der Waals surface area contributed by atoms with E-state index in [4.69, 9.17) is 13.3 Å². The second-order valence-electron chi connectivity index (χ2n) is 4.92. The Labute approximate surface area is 129 Å². The van der Waals surface area contributed by atoms with Gasteiger partial charge in [0.15, 0.2) is 0 Å². The van der Waals surface area contributed by atoms with Crippen molar-refractivity contribution in [3.05, 3.63) is 0 Å². The molecule has 6 nitrogen and oxygen atoms in total. The van der Waals surface area contributed by atoms with Crippen molar-refractivity contribution in [2.75, 3.05) is 19.8 Å². The minimum Gasteiger partial charge on any atom is -0.393 e. The van der Waals surface area contributed by atoms with Gasteiger partial charge in [-0.3, -0.25) is 9.59 Å². The van der Waals surface area contributed by atoms with Crippen LogP contribution in [0.4, 0.5) is 0 Å². The van der Waals surface area contributed by atoms with Gasteiger partial charge in [0.2, 0.25) is 0 Å². The molecule has 8 heteroatoms. The summed E-state index contributed by atoms with van der Waals surface area (Å²) in [6.07, 6.45) is 1.82. The predicted molar refractivity (Wildman–Crippen MR) is 82.4 cm³/mol. The number of esters is 2. The normalized spacial score (nSPS) is 19.7. The fourth-order valence-corrected chi connectivity index (χ4v) is 10.6. The van der Waals surface area contributed by atoms with Gasteiger partial charge in [-0.2, -0.15) is 0 Å². The van der Waals surface area contributed by atoms with Crippen LogP contribution in [0.5, 0.6) is 0 Å². The van der Waals surface area contributed by atoms with Crippen LogP contribution >= 0.6 is 0 Å². The van der Waals surface area contributed by atoms with Crippen molar-refractivity contribution in [1.29, 1.82) is 0 Å². The minimum atomic E-state index is -2.45. The summed E-state index contributed by atoms with van der Waals surface area (Å²) in [7, 11) is -3.09. The number of carbonyl (C=O) groups excluding carboxylic acids is 2. The van der Waals surface area contributed by atoms with Crippen LogP contribution in [0.15, 0.2) is 0 Å². The molecule has 0 radical (unpaired) electrons. The molecule has 1 aliphatic rings. The molecule has 0 aromatic rings. The van der Waals surface area contributed by atoms with Gasteiger partial charge in [0.05, 0.1) is 12.3 Å². The average molecular weight is 335 g/mol. The Balaban J connectivity index is 2.38. The van der Waals surface area contributed by atoms with Crippen LogP contribution in [0.2, 0.25) is 6.04 Å². The topological polar surface area (TPSA) is 71.1 Å². The lowest BCUT2D eigenvalue weighted by Crippen LogP contribution is -2.52. The van der Waals surface area contributed by atoms with Crippen LogP contribution in [-0.4, -0.2) is 49.1 Å². The standard InChI is InChI=1S/C13H26O6Si2/c1-4-16-21(17-5-2,18-6-3)20-9-7-8-11-10-12(14)19-13(11)15/h11H,4-10,20H2,1-3H3. The molecule has 0 N–H and O–H groups in total. The molecule has 1 rings (SSSR count). The maximum Gasteiger partial charge on any atom is 0.462 e. The maximum absolute atomic E-state index is 11.4. The number of ether oxygens (including phenoxy) is 1. The van der Waals surface area contributed by atoms with Crippen molar-refractivity contribution in [2.24, 2.45) is 5.92 Å². The van der Waals surface area contributed by atoms with Gasteiger partial charge in [-0.05, 0) is 27.2 Å². The Kier molecular flexibility index (Phi) is 8.34. The van der Waals surface area contributed by atoms with Crippen LogP contribution in [0, 0.1) is 5.92 Å². The molecule has 0 bridgehead atoms. The molecule has 1 aliphatic heterocycles. The van der Waals surface area contributed by atoms with Crippen molar-refractivity contribution in [1.82, 2.24) is 0 Å². The first-order chi connectivity index (χ1) is 10.1. The first-order valence-corrected chi connectivity index (χ1v) is 12.8. The Morgan fingerprint density at radius 2 is 1.71 bits per heavy atom. The maximum atomic E-state index is 11.4. The third-order valence-corrected chi connectivity index (χ3v) is 11.7. The molecule has 0 aromatic carbocycles. The molecule has 0 spiro atoms. The highest BCUT2D eigenvalue weighted by Crippen LogP contribution is 2.22. The van der Waals surface area contributed by atoms with E-state index in [-0.39, 0.29) is 18.3 Å². The molecular weight excluding hydrogens is 308 g/mol. The molecule has 122 valence electrons. The average Bonchev–Trinajstić information content (AvgIpc) is 2.74. The molecule has 1 heterocycles. The summed E-state index contributed by atoms with van der Waals surface area (Å²) in [4.78, 5) is 22.4. The van der Waals surface area contributed by atoms with Gasteiger partial charge in [0, 0.05) is 19.8 Å². The van der Waals surface area contributed by atoms with E-state index in [1.807, 2.05) is 20.8 Å². The van der Waals surface area contributed by atoms with E-state index in [0.717, 1.165) is 12.5 Å². The third-order valence-electron chi connectivity index (χ3n) is 3.34. The number of rotatable bonds is 11. The predicted octanol–water partition coefficient (Wildman–Crippen LogP) is 0.988. The quantitative estimate of drug-likeness (QED) is 0.243. The second-order valence-corrected chi connectivity index (χ2v) is 12.5. The van der Waals surface area contributed by atoms with Crippen molar-refractivity contribution >= 4 is 29.3 Å². The van der Waals surface area contributed by atoms with Gasteiger partial charge in [-0.25, -0.2) is 0 Å². The van der Waals surface area contributed by atoms with E-state index < -0.39 is 23.3 Å². The Hall–Kier alpha value is -0.546. The molecule has 1 fully saturated rings. The lowest BCUT2D eigenvalue weighted by molar-refractivity contribution is -0.153. The molecule has 21 heavy (non-hydrogen) atoms. The van der Waals surface area contributed by atoms with Gasteiger partial charge in [0.25, 0.3) is 0 Å². The van der Waals surface area contributed by atoms with Gasteiger partial charge in [-0.1, -0.05) is 12.5 Å². The van der Waals surface area contributed by atoms with E-state index in [1.54, 1.807) is 0 Å². The SMILES string of the molecule is CCO[Si](OCC)(OCC)[SiH2]CCCC1CC(=O)OC1=O. The fraction of sp³-hybridized carbons (Fsp3) is 0.846. The van der Waals surface area contributed by atoms with E-state index in [9.17, 15) is 9.59 Å². The van der Waals surface area contributed by atoms with Gasteiger partial charge in [-0.15, -0.1) is 0 Å². The summed E-state index contributed by atoms with van der Waals surface area (Å²) in [5, 5.41) is 0. The number of hydrogen-bond acceptors (Lipinski definition) is 6. The van der Waals surface area contributed by atoms with E-state index in [0.29, 0.717) is 26.2 Å². The minimum absolute atomic E-state index is 0.228. The van der Waals surface area contributed by atoms with Crippen LogP contribution in [0.25, 0.3) is 0 Å². The fourth-order valence-electron chi connectivity index (χ4n) is 2.48. The highest BCUT2D eigenvalue weighted by Gasteiger charge is 2.39. The Morgan fingerprint density at radius 3 is 2.14 bits per heavy atom. The number of cyclic esters (lactones) is 2. The lowest BCUT2D eigenvalue weighted by atomic mass is 10.0. The number of hydrogen-bond donors (Lipinski definition) is 0. The summed E-state index contributed by atoms with van der Waals surface area (Å²) in [6.45, 7) is 7.66. The van der Waals surface area contributed by atoms with Crippen LogP contribution in [-0.2, 0) is 27.6 Å². The van der Waals surface area contributed by atoms with Gasteiger partial charge in [0.1, 0.15) is 9.04 Å². The van der Waals surface area contributed by atoms with Crippen LogP contribution in [0.3, 0.4) is 0 Å². The highest BCUT2D eigenvalue weighted by atomic mass is 29.2. The van der Waals surface area contributed by atoms with E-state index >= 15 is 0 Å². The summed E-state index contributed by atoms with van der Waals surface area (Å²) in [6, 6.07) is 0.990. The summed E-state index contributed by atoms with van der Waals surface area (Å²) in [5.74, 6) is -1.03. The molecule has 0 saturated carbocycles. The summed E-state index contributed by atoms with van der Waals surface area (Å²) >= 11 is 0. The molecule has 1 atom stereocenters. The third kappa shape index (κ3) is 5.99. The smallest absolute Gasteiger partial charge is 0.393 e. The first kappa shape index (κ1) is 18.5. The Bertz CT molecular complexity index is 333. The Morgan fingerprint density at radius 1 is 1.14 bits per heavy atom. The largest absolute Gasteiger partial charge is 0.462 e. The van der Waals surface area contributed by atoms with Crippen molar-refractivity contribution in [3.63, 3.8) is 0 Å². The van der Waals surface area contributed by atoms with Crippen LogP contribution < -0.4 is 0 Å². The molecule has 1 saturated heterocycles. The van der Waals surface area contributed by atoms with E-state index in [2.05, 4.69) is 4.74 Å². The zero-order valence-electron chi connectivity index (χ0n) is 13.2. The molecule has 0 amide bonds. The van der Waals surface area contributed by atoms with Gasteiger partial charge >= 0.3 is 20.3 Å². The van der Waals surface area contributed by atoms with Crippen molar-refractivity contribution in [3.8, 4) is 0 Å². The molecule has 0 aromatic heterocycles. The molecular formula is C13H26O6Si2. The van der Waals surface area contributed by atoms with Crippen LogP contribution in [0.1, 0.15) is 40.0 Å². The van der Waals surface area contributed by atoms with Gasteiger partial charge < -0.3 is 18.0 Å². The zero-order chi connectivity index (χ0) is 15.7. The monoisotopic (exact) mass is 334 g/mol. The van der Waals surface area contributed by atoms with Crippen molar-refractivity contribution < 1.29 is 27.6 Å². The first-order valence-electron chi connectivity index (χ1n) is 7.73. The zero-order valence-corrected chi connectivity index (χ0v) is 15.6. The molecule has 0 aliphatic carbocycles. The second kappa shape index (κ2) is 9.47. The molecule has 1 unspecified atom stereocenters. The highest BCUT2D eigenvalue weighted by molar-refractivity contribution is 7.14.